The number of methoxy groups -OCH3 is 2. The summed E-state index contributed by atoms with van der Waals surface area (Å²) in [5, 5.41) is 0. The van der Waals surface area contributed by atoms with E-state index in [1.54, 1.807) is 20.3 Å². The van der Waals surface area contributed by atoms with Gasteiger partial charge in [0.15, 0.2) is 0 Å². The summed E-state index contributed by atoms with van der Waals surface area (Å²) in [6, 6.07) is 1.69. The number of halogens is 1. The number of thiophene rings is 1. The van der Waals surface area contributed by atoms with Gasteiger partial charge >= 0.3 is 0 Å². The molecule has 21 heavy (non-hydrogen) atoms. The van der Waals surface area contributed by atoms with Crippen molar-refractivity contribution in [3.8, 4) is 0 Å². The van der Waals surface area contributed by atoms with Crippen molar-refractivity contribution >= 4 is 33.0 Å². The van der Waals surface area contributed by atoms with Gasteiger partial charge in [-0.1, -0.05) is 0 Å². The van der Waals surface area contributed by atoms with Crippen LogP contribution in [0.3, 0.4) is 0 Å². The summed E-state index contributed by atoms with van der Waals surface area (Å²) in [6.07, 6.45) is 0.645. The number of nitrogens with zero attached hydrogens (tertiary/aromatic N) is 1. The number of alkyl halides is 1. The van der Waals surface area contributed by atoms with E-state index in [1.807, 2.05) is 6.92 Å². The molecule has 0 fully saturated rings. The van der Waals surface area contributed by atoms with Gasteiger partial charge in [0.2, 0.25) is 0 Å². The van der Waals surface area contributed by atoms with Crippen molar-refractivity contribution in [3.63, 3.8) is 0 Å². The van der Waals surface area contributed by atoms with Gasteiger partial charge < -0.3 is 9.47 Å². The van der Waals surface area contributed by atoms with Crippen LogP contribution in [0.15, 0.2) is 10.3 Å². The highest BCUT2D eigenvalue weighted by Gasteiger charge is 2.26. The van der Waals surface area contributed by atoms with Gasteiger partial charge in [-0.2, -0.15) is 4.31 Å². The van der Waals surface area contributed by atoms with E-state index in [1.165, 1.54) is 15.6 Å². The molecule has 0 bridgehead atoms. The van der Waals surface area contributed by atoms with E-state index < -0.39 is 10.0 Å². The van der Waals surface area contributed by atoms with Crippen LogP contribution in [-0.4, -0.2) is 53.2 Å². The normalized spacial score (nSPS) is 12.2. The SMILES string of the molecule is COCCCN(CCOC)S(=O)(=O)c1cc(C)c(CCl)s1. The summed E-state index contributed by atoms with van der Waals surface area (Å²) in [4.78, 5) is 0.888. The minimum Gasteiger partial charge on any atom is -0.385 e. The average molecular weight is 356 g/mol. The third-order valence-corrected chi connectivity index (χ3v) is 7.02. The van der Waals surface area contributed by atoms with Crippen molar-refractivity contribution in [2.24, 2.45) is 0 Å². The van der Waals surface area contributed by atoms with E-state index >= 15 is 0 Å². The third kappa shape index (κ3) is 5.19. The number of hydrogen-bond acceptors (Lipinski definition) is 5. The lowest BCUT2D eigenvalue weighted by Gasteiger charge is -2.20. The van der Waals surface area contributed by atoms with Gasteiger partial charge in [-0.15, -0.1) is 22.9 Å². The lowest BCUT2D eigenvalue weighted by Crippen LogP contribution is -2.34. The van der Waals surface area contributed by atoms with E-state index in [-0.39, 0.29) is 0 Å². The van der Waals surface area contributed by atoms with Gasteiger partial charge in [-0.3, -0.25) is 0 Å². The Morgan fingerprint density at radius 1 is 1.24 bits per heavy atom. The Labute approximate surface area is 135 Å². The first-order chi connectivity index (χ1) is 9.97. The summed E-state index contributed by atoms with van der Waals surface area (Å²) in [6.45, 7) is 3.49. The molecule has 0 amide bonds. The standard InChI is InChI=1S/C13H22ClNO4S2/c1-11-9-13(20-12(11)10-14)21(16,17)15(6-8-19-3)5-4-7-18-2/h9H,4-8,10H2,1-3H3. The second-order valence-corrected chi connectivity index (χ2v) is 8.12. The van der Waals surface area contributed by atoms with Gasteiger partial charge in [0.25, 0.3) is 10.0 Å². The van der Waals surface area contributed by atoms with Gasteiger partial charge in [-0.25, -0.2) is 8.42 Å². The fourth-order valence-electron chi connectivity index (χ4n) is 1.81. The summed E-state index contributed by atoms with van der Waals surface area (Å²) in [7, 11) is -0.351. The van der Waals surface area contributed by atoms with Gasteiger partial charge in [0.05, 0.1) is 12.5 Å². The topological polar surface area (TPSA) is 55.8 Å². The Balaban J connectivity index is 2.95. The molecule has 0 N–H and O–H groups in total. The van der Waals surface area contributed by atoms with Crippen molar-refractivity contribution in [1.29, 1.82) is 0 Å². The quantitative estimate of drug-likeness (QED) is 0.478. The molecule has 0 unspecified atom stereocenters. The van der Waals surface area contributed by atoms with Crippen LogP contribution < -0.4 is 0 Å². The largest absolute Gasteiger partial charge is 0.385 e. The zero-order valence-corrected chi connectivity index (χ0v) is 15.0. The smallest absolute Gasteiger partial charge is 0.252 e. The third-order valence-electron chi connectivity index (χ3n) is 3.01. The molecule has 1 rings (SSSR count). The number of aryl methyl sites for hydroxylation is 1. The second kappa shape index (κ2) is 9.07. The van der Waals surface area contributed by atoms with E-state index in [9.17, 15) is 8.42 Å². The lowest BCUT2D eigenvalue weighted by atomic mass is 10.3. The maximum Gasteiger partial charge on any atom is 0.252 e. The van der Waals surface area contributed by atoms with Crippen LogP contribution in [0.4, 0.5) is 0 Å². The molecule has 122 valence electrons. The summed E-state index contributed by atoms with van der Waals surface area (Å²) < 4.78 is 37.2. The zero-order valence-electron chi connectivity index (χ0n) is 12.6. The first kappa shape index (κ1) is 18.9. The highest BCUT2D eigenvalue weighted by molar-refractivity contribution is 7.91. The highest BCUT2D eigenvalue weighted by Crippen LogP contribution is 2.29. The molecule has 0 aliphatic heterocycles. The Morgan fingerprint density at radius 3 is 2.43 bits per heavy atom. The minimum absolute atomic E-state index is 0.327. The molecular formula is C13H22ClNO4S2. The number of ether oxygens (including phenoxy) is 2. The van der Waals surface area contributed by atoms with Crippen molar-refractivity contribution in [2.45, 2.75) is 23.4 Å². The Kier molecular flexibility index (Phi) is 8.15. The monoisotopic (exact) mass is 355 g/mol. The summed E-state index contributed by atoms with van der Waals surface area (Å²) >= 11 is 7.06. The molecule has 0 atom stereocenters. The molecule has 0 aliphatic carbocycles. The fourth-order valence-corrected chi connectivity index (χ4v) is 5.24. The molecule has 1 heterocycles. The molecule has 1 aromatic rings. The molecule has 8 heteroatoms. The van der Waals surface area contributed by atoms with Crippen molar-refractivity contribution in [1.82, 2.24) is 4.31 Å². The van der Waals surface area contributed by atoms with E-state index in [4.69, 9.17) is 21.1 Å². The summed E-state index contributed by atoms with van der Waals surface area (Å²) in [5.41, 5.74) is 0.914. The number of rotatable bonds is 10. The van der Waals surface area contributed by atoms with Crippen LogP contribution >= 0.6 is 22.9 Å². The summed E-state index contributed by atoms with van der Waals surface area (Å²) in [5.74, 6) is 0.327. The van der Waals surface area contributed by atoms with Crippen molar-refractivity contribution in [2.75, 3.05) is 40.5 Å². The van der Waals surface area contributed by atoms with Crippen LogP contribution in [0.5, 0.6) is 0 Å². The van der Waals surface area contributed by atoms with Crippen molar-refractivity contribution < 1.29 is 17.9 Å². The maximum absolute atomic E-state index is 12.7. The van der Waals surface area contributed by atoms with Crippen LogP contribution in [0.1, 0.15) is 16.9 Å². The molecule has 0 aliphatic rings. The molecule has 1 aromatic heterocycles. The van der Waals surface area contributed by atoms with Gasteiger partial charge in [-0.05, 0) is 25.0 Å². The van der Waals surface area contributed by atoms with E-state index in [2.05, 4.69) is 0 Å². The predicted molar refractivity (Wildman–Crippen MR) is 85.7 cm³/mol. The Morgan fingerprint density at radius 2 is 1.90 bits per heavy atom. The van der Waals surface area contributed by atoms with Crippen LogP contribution in [0.2, 0.25) is 0 Å². The molecule has 5 nitrogen and oxygen atoms in total. The molecule has 0 saturated carbocycles. The predicted octanol–water partition coefficient (Wildman–Crippen LogP) is 2.47. The zero-order chi connectivity index (χ0) is 15.9. The average Bonchev–Trinajstić information content (AvgIpc) is 2.84. The highest BCUT2D eigenvalue weighted by atomic mass is 35.5. The molecule has 0 aromatic carbocycles. The number of sulfonamides is 1. The molecule has 0 spiro atoms. The Bertz CT molecular complexity index is 530. The molecular weight excluding hydrogens is 334 g/mol. The molecule has 0 radical (unpaired) electrons. The lowest BCUT2D eigenvalue weighted by molar-refractivity contribution is 0.164. The second-order valence-electron chi connectivity index (χ2n) is 4.55. The maximum atomic E-state index is 12.7. The van der Waals surface area contributed by atoms with Gasteiger partial charge in [0, 0.05) is 38.8 Å². The van der Waals surface area contributed by atoms with Gasteiger partial charge in [0.1, 0.15) is 4.21 Å². The first-order valence-electron chi connectivity index (χ1n) is 6.60. The molecule has 0 saturated heterocycles. The first-order valence-corrected chi connectivity index (χ1v) is 9.39. The minimum atomic E-state index is -3.51. The van der Waals surface area contributed by atoms with Crippen LogP contribution in [0.25, 0.3) is 0 Å². The fraction of sp³-hybridized carbons (Fsp3) is 0.692. The number of hydrogen-bond donors (Lipinski definition) is 0. The van der Waals surface area contributed by atoms with Crippen LogP contribution in [-0.2, 0) is 25.4 Å². The van der Waals surface area contributed by atoms with Crippen molar-refractivity contribution in [3.05, 3.63) is 16.5 Å². The van der Waals surface area contributed by atoms with E-state index in [0.717, 1.165) is 10.4 Å². The van der Waals surface area contributed by atoms with Crippen LogP contribution in [0, 0.1) is 6.92 Å². The van der Waals surface area contributed by atoms with E-state index in [0.29, 0.717) is 42.8 Å². The Hall–Kier alpha value is -0.180.